The molecule has 2 fully saturated rings. The molecule has 36 heavy (non-hydrogen) atoms. The number of rotatable bonds is 5. The molecule has 0 radical (unpaired) electrons. The number of sulfonamides is 1. The van der Waals surface area contributed by atoms with E-state index in [1.165, 1.54) is 36.8 Å². The molecule has 4 heterocycles. The first-order valence-electron chi connectivity index (χ1n) is 11.4. The first-order valence-corrected chi connectivity index (χ1v) is 14.1. The number of fused-ring (bicyclic) bond motifs is 1. The fourth-order valence-corrected chi connectivity index (χ4v) is 6.33. The highest BCUT2D eigenvalue weighted by Gasteiger charge is 2.41. The molecule has 0 aliphatic carbocycles. The van der Waals surface area contributed by atoms with Crippen LogP contribution in [0.15, 0.2) is 24.4 Å². The van der Waals surface area contributed by atoms with Gasteiger partial charge in [-0.15, -0.1) is 0 Å². The van der Waals surface area contributed by atoms with E-state index in [0.717, 1.165) is 44.8 Å². The molecule has 0 atom stereocenters. The third-order valence-corrected chi connectivity index (χ3v) is 8.19. The van der Waals surface area contributed by atoms with Crippen LogP contribution in [0.5, 0.6) is 5.88 Å². The van der Waals surface area contributed by atoms with Crippen LogP contribution >= 0.6 is 11.3 Å². The number of benzene rings is 1. The number of hydrogen-bond donors (Lipinski definition) is 2. The van der Waals surface area contributed by atoms with Crippen LogP contribution in [0.1, 0.15) is 19.3 Å². The van der Waals surface area contributed by atoms with Gasteiger partial charge in [0.25, 0.3) is 0 Å². The second-order valence-electron chi connectivity index (χ2n) is 9.19. The molecule has 2 saturated heterocycles. The van der Waals surface area contributed by atoms with Gasteiger partial charge in [0.1, 0.15) is 11.3 Å². The van der Waals surface area contributed by atoms with Crippen molar-refractivity contribution in [2.75, 3.05) is 49.7 Å². The van der Waals surface area contributed by atoms with Gasteiger partial charge in [-0.3, -0.25) is 10.0 Å². The van der Waals surface area contributed by atoms with Crippen LogP contribution in [0.2, 0.25) is 0 Å². The number of methoxy groups -OCH3 is 1. The lowest BCUT2D eigenvalue weighted by Gasteiger charge is -2.33. The summed E-state index contributed by atoms with van der Waals surface area (Å²) in [5.74, 6) is -0.351. The van der Waals surface area contributed by atoms with Gasteiger partial charge >= 0.3 is 6.03 Å². The molecule has 2 N–H and O–H groups in total. The van der Waals surface area contributed by atoms with Crippen LogP contribution < -0.4 is 14.8 Å². The third kappa shape index (κ3) is 5.08. The van der Waals surface area contributed by atoms with Crippen molar-refractivity contribution in [2.45, 2.75) is 19.3 Å². The Morgan fingerprint density at radius 3 is 2.75 bits per heavy atom. The van der Waals surface area contributed by atoms with E-state index in [2.05, 4.69) is 20.0 Å². The van der Waals surface area contributed by atoms with Crippen LogP contribution in [0, 0.1) is 11.2 Å². The number of carbonyl (C=O) groups is 1. The molecule has 2 aliphatic heterocycles. The summed E-state index contributed by atoms with van der Waals surface area (Å²) >= 11 is 1.22. The van der Waals surface area contributed by atoms with Crippen molar-refractivity contribution in [3.05, 3.63) is 30.2 Å². The fourth-order valence-electron chi connectivity index (χ4n) is 4.81. The summed E-state index contributed by atoms with van der Waals surface area (Å²) in [6.07, 6.45) is 5.36. The molecular formula is C23H26FN5O5S2. The number of hydrogen-bond acceptors (Lipinski definition) is 8. The van der Waals surface area contributed by atoms with Gasteiger partial charge in [0, 0.05) is 38.1 Å². The van der Waals surface area contributed by atoms with Crippen molar-refractivity contribution in [3.63, 3.8) is 0 Å². The van der Waals surface area contributed by atoms with E-state index >= 15 is 0 Å². The number of anilines is 2. The third-order valence-electron chi connectivity index (χ3n) is 6.58. The van der Waals surface area contributed by atoms with Crippen LogP contribution in [0.3, 0.4) is 0 Å². The molecule has 0 saturated carbocycles. The minimum atomic E-state index is -3.60. The monoisotopic (exact) mass is 535 g/mol. The lowest BCUT2D eigenvalue weighted by molar-refractivity contribution is 0.0211. The molecule has 1 aromatic carbocycles. The number of halogens is 1. The van der Waals surface area contributed by atoms with E-state index in [-0.39, 0.29) is 23.0 Å². The van der Waals surface area contributed by atoms with Crippen molar-refractivity contribution in [3.8, 4) is 17.0 Å². The van der Waals surface area contributed by atoms with E-state index in [9.17, 15) is 17.6 Å². The first kappa shape index (κ1) is 24.7. The number of amides is 2. The lowest BCUT2D eigenvalue weighted by Crippen LogP contribution is -2.37. The highest BCUT2D eigenvalue weighted by molar-refractivity contribution is 7.92. The van der Waals surface area contributed by atoms with E-state index in [1.807, 2.05) is 4.90 Å². The summed E-state index contributed by atoms with van der Waals surface area (Å²) in [6.45, 7) is 2.81. The number of likely N-dealkylation sites (tertiary alicyclic amines) is 1. The maximum atomic E-state index is 14.4. The molecule has 2 aliphatic rings. The van der Waals surface area contributed by atoms with E-state index < -0.39 is 15.8 Å². The summed E-state index contributed by atoms with van der Waals surface area (Å²) in [7, 11) is -2.13. The fraction of sp³-hybridized carbons (Fsp3) is 0.435. The Bertz CT molecular complexity index is 1420. The van der Waals surface area contributed by atoms with Crippen molar-refractivity contribution >= 4 is 48.4 Å². The van der Waals surface area contributed by atoms with Gasteiger partial charge in [-0.05, 0) is 48.4 Å². The van der Waals surface area contributed by atoms with Crippen molar-refractivity contribution < 1.29 is 27.1 Å². The Balaban J connectivity index is 1.45. The number of urea groups is 1. The van der Waals surface area contributed by atoms with Crippen LogP contribution in [-0.4, -0.2) is 69.0 Å². The van der Waals surface area contributed by atoms with Crippen LogP contribution in [0.4, 0.5) is 20.0 Å². The van der Waals surface area contributed by atoms with Gasteiger partial charge in [-0.25, -0.2) is 27.6 Å². The molecule has 2 amide bonds. The number of ether oxygens (including phenoxy) is 2. The van der Waals surface area contributed by atoms with Gasteiger partial charge in [0.2, 0.25) is 15.9 Å². The maximum Gasteiger partial charge on any atom is 0.323 e. The van der Waals surface area contributed by atoms with E-state index in [4.69, 9.17) is 9.47 Å². The normalized spacial score (nSPS) is 17.5. The van der Waals surface area contributed by atoms with Gasteiger partial charge in [0.05, 0.1) is 23.8 Å². The molecule has 5 rings (SSSR count). The van der Waals surface area contributed by atoms with E-state index in [1.54, 1.807) is 0 Å². The minimum absolute atomic E-state index is 0.0885. The van der Waals surface area contributed by atoms with Crippen molar-refractivity contribution in [2.24, 2.45) is 5.41 Å². The molecule has 0 unspecified atom stereocenters. The number of aromatic nitrogens is 2. The summed E-state index contributed by atoms with van der Waals surface area (Å²) in [4.78, 5) is 23.7. The van der Waals surface area contributed by atoms with Crippen LogP contribution in [0.25, 0.3) is 21.3 Å². The number of thiazole rings is 1. The van der Waals surface area contributed by atoms with Gasteiger partial charge in [0.15, 0.2) is 5.13 Å². The van der Waals surface area contributed by atoms with E-state index in [0.29, 0.717) is 39.6 Å². The lowest BCUT2D eigenvalue weighted by atomic mass is 9.80. The quantitative estimate of drug-likeness (QED) is 0.508. The average Bonchev–Trinajstić information content (AvgIpc) is 3.42. The molecule has 2 aromatic heterocycles. The SMILES string of the molecule is COc1ncc(-c2cc(F)cc(NS(C)(=O)=O)c2)c2sc(NC(=O)N3CCC4(CCOCC4)C3)nc12. The van der Waals surface area contributed by atoms with Crippen LogP contribution in [-0.2, 0) is 14.8 Å². The molecule has 1 spiro atoms. The summed E-state index contributed by atoms with van der Waals surface area (Å²) in [5, 5.41) is 3.26. The molecule has 192 valence electrons. The maximum absolute atomic E-state index is 14.4. The number of nitrogens with zero attached hydrogens (tertiary/aromatic N) is 3. The molecular weight excluding hydrogens is 509 g/mol. The predicted molar refractivity (Wildman–Crippen MR) is 136 cm³/mol. The Morgan fingerprint density at radius 2 is 2.03 bits per heavy atom. The standard InChI is InChI=1S/C23H26FN5O5S2/c1-33-20-18-19(17(12-25-20)14-9-15(24)11-16(10-14)28-36(2,31)32)35-21(26-18)27-22(30)29-6-3-23(13-29)4-7-34-8-5-23/h9-12,28H,3-8,13H2,1-2H3,(H,26,27,30). The van der Waals surface area contributed by atoms with Crippen molar-refractivity contribution in [1.29, 1.82) is 0 Å². The zero-order chi connectivity index (χ0) is 25.5. The molecule has 10 nitrogen and oxygen atoms in total. The Morgan fingerprint density at radius 1 is 1.25 bits per heavy atom. The Kier molecular flexibility index (Phi) is 6.47. The van der Waals surface area contributed by atoms with Crippen molar-refractivity contribution in [1.82, 2.24) is 14.9 Å². The minimum Gasteiger partial charge on any atom is -0.479 e. The topological polar surface area (TPSA) is 123 Å². The second-order valence-corrected chi connectivity index (χ2v) is 11.9. The van der Waals surface area contributed by atoms with Gasteiger partial charge in [-0.1, -0.05) is 11.3 Å². The van der Waals surface area contributed by atoms with Gasteiger partial charge < -0.3 is 14.4 Å². The molecule has 3 aromatic rings. The second kappa shape index (κ2) is 9.45. The summed E-state index contributed by atoms with van der Waals surface area (Å²) in [6, 6.07) is 3.67. The smallest absolute Gasteiger partial charge is 0.323 e. The zero-order valence-electron chi connectivity index (χ0n) is 19.8. The Hall–Kier alpha value is -3.03. The molecule has 0 bridgehead atoms. The average molecular weight is 536 g/mol. The summed E-state index contributed by atoms with van der Waals surface area (Å²) < 4.78 is 51.4. The predicted octanol–water partition coefficient (Wildman–Crippen LogP) is 3.91. The number of carbonyl (C=O) groups excluding carboxylic acids is 1. The first-order chi connectivity index (χ1) is 17.1. The summed E-state index contributed by atoms with van der Waals surface area (Å²) in [5.41, 5.74) is 1.56. The largest absolute Gasteiger partial charge is 0.479 e. The van der Waals surface area contributed by atoms with Gasteiger partial charge in [-0.2, -0.15) is 0 Å². The highest BCUT2D eigenvalue weighted by Crippen LogP contribution is 2.41. The Labute approximate surface area is 211 Å². The highest BCUT2D eigenvalue weighted by atomic mass is 32.2. The number of pyridine rings is 1. The molecule has 13 heteroatoms. The number of nitrogens with one attached hydrogen (secondary N) is 2. The zero-order valence-corrected chi connectivity index (χ0v) is 21.5.